The highest BCUT2D eigenvalue weighted by molar-refractivity contribution is 5.70. The molecule has 15 heavy (non-hydrogen) atoms. The zero-order valence-corrected chi connectivity index (χ0v) is 10.1. The summed E-state index contributed by atoms with van der Waals surface area (Å²) in [7, 11) is 1.75. The summed E-state index contributed by atoms with van der Waals surface area (Å²) < 4.78 is 1.67. The van der Waals surface area contributed by atoms with E-state index in [2.05, 4.69) is 5.73 Å². The van der Waals surface area contributed by atoms with Crippen molar-refractivity contribution in [3.63, 3.8) is 0 Å². The largest absolute Gasteiger partial charge is 1.00 e. The molecule has 6 nitrogen and oxygen atoms in total. The number of aliphatic carboxylic acids is 1. The third-order valence-electron chi connectivity index (χ3n) is 1.78. The van der Waals surface area contributed by atoms with Crippen molar-refractivity contribution >= 4 is 11.9 Å². The van der Waals surface area contributed by atoms with E-state index in [1.54, 1.807) is 11.6 Å². The number of carboxylic acids is 1. The molecule has 0 amide bonds. The molecule has 0 bridgehead atoms. The van der Waals surface area contributed by atoms with Crippen LogP contribution in [0, 0.1) is 0 Å². The molecular weight excluding hydrogens is 243 g/mol. The summed E-state index contributed by atoms with van der Waals surface area (Å²) in [5.74, 6) is -0.588. The van der Waals surface area contributed by atoms with Crippen LogP contribution in [-0.4, -0.2) is 41.2 Å². The maximum absolute atomic E-state index is 10.3. The van der Waals surface area contributed by atoms with Gasteiger partial charge in [0.2, 0.25) is 0 Å². The van der Waals surface area contributed by atoms with Crippen LogP contribution in [0.1, 0.15) is 12.8 Å². The van der Waals surface area contributed by atoms with Gasteiger partial charge >= 0.3 is 11.9 Å². The molecule has 0 aliphatic carbocycles. The molecule has 0 unspecified atom stereocenters. The number of nitrogens with zero attached hydrogens (tertiary/aromatic N) is 1. The van der Waals surface area contributed by atoms with E-state index in [1.165, 1.54) is 0 Å². The second-order valence-electron chi connectivity index (χ2n) is 3.10. The van der Waals surface area contributed by atoms with E-state index in [0.717, 1.165) is 0 Å². The van der Waals surface area contributed by atoms with Crippen LogP contribution in [0.2, 0.25) is 0 Å². The summed E-state index contributed by atoms with van der Waals surface area (Å²) in [6.07, 6.45) is 0.749. The minimum Gasteiger partial charge on any atom is -1.00 e. The lowest BCUT2D eigenvalue weighted by Crippen LogP contribution is -3.00. The van der Waals surface area contributed by atoms with Gasteiger partial charge in [0.25, 0.3) is 0 Å². The third-order valence-corrected chi connectivity index (χ3v) is 1.78. The summed E-state index contributed by atoms with van der Waals surface area (Å²) in [4.78, 5) is 10.3. The Balaban J connectivity index is -0.000000720. The van der Waals surface area contributed by atoms with Gasteiger partial charge in [0.1, 0.15) is 0 Å². The molecule has 0 aliphatic heterocycles. The highest BCUT2D eigenvalue weighted by Crippen LogP contribution is 1.92. The Bertz CT molecular complexity index is 219. The molecule has 0 saturated carbocycles. The third kappa shape index (κ3) is 11.2. The minimum atomic E-state index is -0.827. The molecule has 92 valence electrons. The number of rotatable bonds is 5. The van der Waals surface area contributed by atoms with E-state index < -0.39 is 5.97 Å². The lowest BCUT2D eigenvalue weighted by Gasteiger charge is -2.06. The number of quaternary nitrogens is 1. The molecule has 0 aromatic rings. The number of carboxylic acid groups (broad SMARTS) is 1. The SMILES string of the molecule is C[N+](CC[C@H]([NH3+])CC(=O)O)=C(N)N.[Cl-].[Cl-]. The van der Waals surface area contributed by atoms with Gasteiger partial charge in [-0.3, -0.25) is 20.8 Å². The molecule has 0 saturated heterocycles. The van der Waals surface area contributed by atoms with Gasteiger partial charge < -0.3 is 35.7 Å². The maximum atomic E-state index is 10.3. The molecule has 0 rings (SSSR count). The Labute approximate surface area is 101 Å². The van der Waals surface area contributed by atoms with Crippen molar-refractivity contribution in [3.05, 3.63) is 0 Å². The summed E-state index contributed by atoms with van der Waals surface area (Å²) in [5, 5.41) is 8.45. The fraction of sp³-hybridized carbons (Fsp3) is 0.714. The van der Waals surface area contributed by atoms with Crippen LogP contribution < -0.4 is 42.0 Å². The standard InChI is InChI=1S/C7H16N4O2.2ClH/c1-11(7(9)10)3-2-5(8)4-6(12)13;;/h5H,2-4,8H2,1H3,(H4,9,10,12,13);2*1H/t5-;;/m0../s1. The van der Waals surface area contributed by atoms with Gasteiger partial charge in [-0.1, -0.05) is 0 Å². The highest BCUT2D eigenvalue weighted by atomic mass is 35.5. The first-order chi connectivity index (χ1) is 5.93. The first-order valence-corrected chi connectivity index (χ1v) is 4.07. The van der Waals surface area contributed by atoms with Gasteiger partial charge in [-0.15, -0.1) is 0 Å². The van der Waals surface area contributed by atoms with Gasteiger partial charge in [-0.25, -0.2) is 0 Å². The minimum absolute atomic E-state index is 0. The van der Waals surface area contributed by atoms with Crippen molar-refractivity contribution in [3.8, 4) is 0 Å². The van der Waals surface area contributed by atoms with Crippen molar-refractivity contribution in [1.29, 1.82) is 0 Å². The molecule has 0 aromatic heterocycles. The van der Waals surface area contributed by atoms with Crippen LogP contribution in [0.25, 0.3) is 0 Å². The van der Waals surface area contributed by atoms with Crippen molar-refractivity contribution in [2.75, 3.05) is 13.6 Å². The maximum Gasteiger partial charge on any atom is 0.340 e. The number of guanidine groups is 1. The first-order valence-electron chi connectivity index (χ1n) is 4.07. The predicted molar refractivity (Wildman–Crippen MR) is 48.0 cm³/mol. The monoisotopic (exact) mass is 260 g/mol. The Kier molecular flexibility index (Phi) is 13.0. The van der Waals surface area contributed by atoms with Crippen molar-refractivity contribution in [1.82, 2.24) is 0 Å². The summed E-state index contributed by atoms with van der Waals surface area (Å²) in [6.45, 7) is 0.629. The van der Waals surface area contributed by atoms with Crippen LogP contribution in [0.3, 0.4) is 0 Å². The summed E-state index contributed by atoms with van der Waals surface area (Å²) >= 11 is 0. The number of carbonyl (C=O) groups is 1. The Morgan fingerprint density at radius 1 is 1.47 bits per heavy atom. The Hall–Kier alpha value is -0.720. The molecule has 0 heterocycles. The van der Waals surface area contributed by atoms with Crippen molar-refractivity contribution < 1.29 is 45.0 Å². The van der Waals surface area contributed by atoms with Crippen molar-refractivity contribution in [2.24, 2.45) is 11.5 Å². The van der Waals surface area contributed by atoms with Crippen molar-refractivity contribution in [2.45, 2.75) is 18.9 Å². The molecular formula is C7H18Cl2N4O2. The zero-order chi connectivity index (χ0) is 10.4. The number of hydrogen-bond acceptors (Lipinski definition) is 1. The number of halogens is 2. The summed E-state index contributed by atoms with van der Waals surface area (Å²) in [5.41, 5.74) is 14.3. The highest BCUT2D eigenvalue weighted by Gasteiger charge is 2.12. The molecule has 0 radical (unpaired) electrons. The van der Waals surface area contributed by atoms with Crippen LogP contribution in [0.15, 0.2) is 0 Å². The lowest BCUT2D eigenvalue weighted by atomic mass is 10.1. The normalized spacial score (nSPS) is 10.5. The van der Waals surface area contributed by atoms with E-state index in [0.29, 0.717) is 13.0 Å². The van der Waals surface area contributed by atoms with Crippen LogP contribution >= 0.6 is 0 Å². The first kappa shape index (κ1) is 19.8. The lowest BCUT2D eigenvalue weighted by molar-refractivity contribution is -0.513. The average Bonchev–Trinajstić information content (AvgIpc) is 1.98. The number of nitrogens with two attached hydrogens (primary N) is 2. The molecule has 0 spiro atoms. The van der Waals surface area contributed by atoms with E-state index in [9.17, 15) is 4.79 Å². The van der Waals surface area contributed by atoms with E-state index in [-0.39, 0.29) is 43.2 Å². The molecule has 0 aliphatic rings. The Morgan fingerprint density at radius 3 is 2.27 bits per heavy atom. The van der Waals surface area contributed by atoms with Gasteiger partial charge in [0, 0.05) is 6.42 Å². The molecule has 0 fully saturated rings. The Morgan fingerprint density at radius 2 is 1.93 bits per heavy atom. The second-order valence-corrected chi connectivity index (χ2v) is 3.10. The molecule has 0 aromatic carbocycles. The fourth-order valence-corrected chi connectivity index (χ4v) is 0.854. The molecule has 8 heteroatoms. The van der Waals surface area contributed by atoms with Gasteiger partial charge in [-0.05, 0) is 0 Å². The number of hydrogen-bond donors (Lipinski definition) is 4. The van der Waals surface area contributed by atoms with E-state index >= 15 is 0 Å². The van der Waals surface area contributed by atoms with Crippen LogP contribution in [0.4, 0.5) is 0 Å². The van der Waals surface area contributed by atoms with E-state index in [1.807, 2.05) is 0 Å². The topological polar surface area (TPSA) is 120 Å². The zero-order valence-electron chi connectivity index (χ0n) is 8.62. The summed E-state index contributed by atoms with van der Waals surface area (Å²) in [6, 6.07) is -0.0979. The van der Waals surface area contributed by atoms with Crippen LogP contribution in [-0.2, 0) is 4.79 Å². The molecule has 8 N–H and O–H groups in total. The fourth-order valence-electron chi connectivity index (χ4n) is 0.854. The van der Waals surface area contributed by atoms with Gasteiger partial charge in [0.15, 0.2) is 0 Å². The van der Waals surface area contributed by atoms with Gasteiger partial charge in [-0.2, -0.15) is 0 Å². The average molecular weight is 261 g/mol. The van der Waals surface area contributed by atoms with E-state index in [4.69, 9.17) is 16.6 Å². The quantitative estimate of drug-likeness (QED) is 0.223. The molecule has 1 atom stereocenters. The van der Waals surface area contributed by atoms with Crippen LogP contribution in [0.5, 0.6) is 0 Å². The second kappa shape index (κ2) is 9.82. The van der Waals surface area contributed by atoms with Gasteiger partial charge in [0.05, 0.1) is 26.1 Å². The predicted octanol–water partition coefficient (Wildman–Crippen LogP) is -8.61. The smallest absolute Gasteiger partial charge is 0.340 e.